The van der Waals surface area contributed by atoms with Gasteiger partial charge in [0.1, 0.15) is 0 Å². The summed E-state index contributed by atoms with van der Waals surface area (Å²) < 4.78 is 26.6. The van der Waals surface area contributed by atoms with E-state index >= 15 is 0 Å². The predicted octanol–water partition coefficient (Wildman–Crippen LogP) is 2.14. The molecule has 4 nitrogen and oxygen atoms in total. The van der Waals surface area contributed by atoms with Crippen LogP contribution < -0.4 is 5.73 Å². The van der Waals surface area contributed by atoms with Crippen molar-refractivity contribution in [1.29, 1.82) is 0 Å². The number of sulfonamides is 1. The lowest BCUT2D eigenvalue weighted by Gasteiger charge is -2.26. The van der Waals surface area contributed by atoms with Gasteiger partial charge >= 0.3 is 0 Å². The van der Waals surface area contributed by atoms with E-state index in [-0.39, 0.29) is 18.4 Å². The quantitative estimate of drug-likeness (QED) is 0.902. The molecule has 1 unspecified atom stereocenters. The third-order valence-corrected chi connectivity index (χ3v) is 6.63. The number of aryl methyl sites for hydroxylation is 2. The number of hydrogen-bond acceptors (Lipinski definition) is 4. The molecule has 2 rings (SSSR count). The van der Waals surface area contributed by atoms with Crippen molar-refractivity contribution in [2.45, 2.75) is 37.6 Å². The van der Waals surface area contributed by atoms with Gasteiger partial charge in [0.2, 0.25) is 10.0 Å². The summed E-state index contributed by atoms with van der Waals surface area (Å²) in [5, 5.41) is 0. The minimum atomic E-state index is -3.40. The summed E-state index contributed by atoms with van der Waals surface area (Å²) in [5.41, 5.74) is 5.73. The van der Waals surface area contributed by atoms with Crippen LogP contribution in [0.25, 0.3) is 0 Å². The van der Waals surface area contributed by atoms with Crippen LogP contribution in [0.3, 0.4) is 0 Å². The van der Waals surface area contributed by atoms with Crippen LogP contribution in [0.5, 0.6) is 0 Å². The van der Waals surface area contributed by atoms with E-state index in [4.69, 9.17) is 5.73 Å². The number of rotatable bonds is 5. The fourth-order valence-electron chi connectivity index (χ4n) is 2.32. The average Bonchev–Trinajstić information content (AvgIpc) is 3.05. The Balaban J connectivity index is 0.00000180. The van der Waals surface area contributed by atoms with Crippen molar-refractivity contribution in [2.24, 2.45) is 11.7 Å². The van der Waals surface area contributed by atoms with E-state index in [1.165, 1.54) is 15.6 Å². The van der Waals surface area contributed by atoms with Gasteiger partial charge in [0, 0.05) is 29.4 Å². The minimum Gasteiger partial charge on any atom is -0.329 e. The third kappa shape index (κ3) is 3.31. The second kappa shape index (κ2) is 6.10. The molecule has 0 saturated heterocycles. The van der Waals surface area contributed by atoms with Gasteiger partial charge in [-0.2, -0.15) is 4.31 Å². The molecule has 1 aliphatic carbocycles. The van der Waals surface area contributed by atoms with Gasteiger partial charge in [-0.25, -0.2) is 8.42 Å². The second-order valence-corrected chi connectivity index (χ2v) is 8.37. The zero-order valence-electron chi connectivity index (χ0n) is 11.4. The fraction of sp³-hybridized carbons (Fsp3) is 0.667. The molecule has 2 N–H and O–H groups in total. The van der Waals surface area contributed by atoms with Gasteiger partial charge in [0.15, 0.2) is 0 Å². The fourth-order valence-corrected chi connectivity index (χ4v) is 5.26. The van der Waals surface area contributed by atoms with Crippen molar-refractivity contribution in [1.82, 2.24) is 4.31 Å². The maximum atomic E-state index is 12.6. The molecule has 0 radical (unpaired) electrons. The number of likely N-dealkylation sites (N-methyl/N-ethyl adjacent to an activating group) is 1. The van der Waals surface area contributed by atoms with Gasteiger partial charge in [0.05, 0.1) is 4.90 Å². The van der Waals surface area contributed by atoms with Crippen LogP contribution in [-0.2, 0) is 10.0 Å². The predicted molar refractivity (Wildman–Crippen MR) is 81.6 cm³/mol. The maximum absolute atomic E-state index is 12.6. The number of nitrogens with zero attached hydrogens (tertiary/aromatic N) is 1. The molecular weight excluding hydrogens is 304 g/mol. The second-order valence-electron chi connectivity index (χ2n) is 4.94. The van der Waals surface area contributed by atoms with E-state index in [1.54, 1.807) is 13.1 Å². The van der Waals surface area contributed by atoms with Gasteiger partial charge < -0.3 is 5.73 Å². The summed E-state index contributed by atoms with van der Waals surface area (Å²) >= 11 is 1.52. The lowest BCUT2D eigenvalue weighted by Crippen LogP contribution is -2.43. The van der Waals surface area contributed by atoms with Gasteiger partial charge in [-0.15, -0.1) is 23.7 Å². The summed E-state index contributed by atoms with van der Waals surface area (Å²) in [4.78, 5) is 2.31. The molecule has 0 spiro atoms. The Morgan fingerprint density at radius 1 is 1.47 bits per heavy atom. The molecule has 1 heterocycles. The van der Waals surface area contributed by atoms with Crippen LogP contribution in [0.1, 0.15) is 22.6 Å². The standard InChI is InChI=1S/C12H20N2O2S2.ClH/c1-8-6-12(9(2)17-8)18(15,16)14(3)11(7-13)10-4-5-10;/h6,10-11H,4-5,7,13H2,1-3H3;1H. The Bertz CT molecular complexity index is 538. The molecule has 0 aliphatic heterocycles. The van der Waals surface area contributed by atoms with Gasteiger partial charge in [-0.1, -0.05) is 0 Å². The van der Waals surface area contributed by atoms with Crippen molar-refractivity contribution in [3.05, 3.63) is 15.8 Å². The lowest BCUT2D eigenvalue weighted by molar-refractivity contribution is 0.340. The van der Waals surface area contributed by atoms with E-state index in [1.807, 2.05) is 13.8 Å². The molecule has 0 bridgehead atoms. The molecular formula is C12H21ClN2O2S2. The normalized spacial score (nSPS) is 17.3. The highest BCUT2D eigenvalue weighted by molar-refractivity contribution is 7.89. The Hall–Kier alpha value is -0.140. The van der Waals surface area contributed by atoms with Crippen LogP contribution >= 0.6 is 23.7 Å². The van der Waals surface area contributed by atoms with Gasteiger partial charge in [0.25, 0.3) is 0 Å². The van der Waals surface area contributed by atoms with E-state index < -0.39 is 10.0 Å². The van der Waals surface area contributed by atoms with Crippen molar-refractivity contribution >= 4 is 33.8 Å². The van der Waals surface area contributed by atoms with E-state index in [0.29, 0.717) is 17.4 Å². The molecule has 110 valence electrons. The van der Waals surface area contributed by atoms with Crippen LogP contribution in [-0.4, -0.2) is 32.4 Å². The van der Waals surface area contributed by atoms with E-state index in [0.717, 1.165) is 22.6 Å². The molecule has 1 saturated carbocycles. The first-order valence-corrected chi connectivity index (χ1v) is 8.38. The molecule has 1 aromatic heterocycles. The van der Waals surface area contributed by atoms with Crippen molar-refractivity contribution < 1.29 is 8.42 Å². The Labute approximate surface area is 125 Å². The highest BCUT2D eigenvalue weighted by Crippen LogP contribution is 2.37. The van der Waals surface area contributed by atoms with Crippen molar-refractivity contribution in [3.8, 4) is 0 Å². The number of halogens is 1. The largest absolute Gasteiger partial charge is 0.329 e. The molecule has 0 aromatic carbocycles. The van der Waals surface area contributed by atoms with E-state index in [9.17, 15) is 8.42 Å². The summed E-state index contributed by atoms with van der Waals surface area (Å²) in [7, 11) is -1.75. The highest BCUT2D eigenvalue weighted by Gasteiger charge is 2.38. The topological polar surface area (TPSA) is 63.4 Å². The van der Waals surface area contributed by atoms with Gasteiger partial charge in [-0.3, -0.25) is 0 Å². The van der Waals surface area contributed by atoms with Crippen molar-refractivity contribution in [3.63, 3.8) is 0 Å². The zero-order chi connectivity index (χ0) is 13.5. The van der Waals surface area contributed by atoms with Crippen LogP contribution in [0, 0.1) is 19.8 Å². The van der Waals surface area contributed by atoms with Crippen molar-refractivity contribution in [2.75, 3.05) is 13.6 Å². The lowest BCUT2D eigenvalue weighted by atomic mass is 10.2. The first-order chi connectivity index (χ1) is 8.37. The summed E-state index contributed by atoms with van der Waals surface area (Å²) in [6.07, 6.45) is 2.17. The summed E-state index contributed by atoms with van der Waals surface area (Å²) in [6, 6.07) is 1.70. The first kappa shape index (κ1) is 16.9. The number of nitrogens with two attached hydrogens (primary N) is 1. The molecule has 7 heteroatoms. The maximum Gasteiger partial charge on any atom is 0.244 e. The molecule has 19 heavy (non-hydrogen) atoms. The molecule has 1 aromatic rings. The zero-order valence-corrected chi connectivity index (χ0v) is 13.9. The molecule has 1 aliphatic rings. The molecule has 0 amide bonds. The molecule has 1 atom stereocenters. The monoisotopic (exact) mass is 324 g/mol. The summed E-state index contributed by atoms with van der Waals surface area (Å²) in [5.74, 6) is 0.440. The Morgan fingerprint density at radius 3 is 2.42 bits per heavy atom. The third-order valence-electron chi connectivity index (χ3n) is 3.53. The Kier molecular flexibility index (Phi) is 5.43. The number of hydrogen-bond donors (Lipinski definition) is 1. The van der Waals surface area contributed by atoms with Crippen LogP contribution in [0.4, 0.5) is 0 Å². The van der Waals surface area contributed by atoms with E-state index in [2.05, 4.69) is 0 Å². The average molecular weight is 325 g/mol. The summed E-state index contributed by atoms with van der Waals surface area (Å²) in [6.45, 7) is 4.17. The Morgan fingerprint density at radius 2 is 2.05 bits per heavy atom. The molecule has 1 fully saturated rings. The minimum absolute atomic E-state index is 0. The van der Waals surface area contributed by atoms with Crippen LogP contribution in [0.2, 0.25) is 0 Å². The highest BCUT2D eigenvalue weighted by atomic mass is 35.5. The van der Waals surface area contributed by atoms with Gasteiger partial charge in [-0.05, 0) is 38.7 Å². The first-order valence-electron chi connectivity index (χ1n) is 6.13. The number of thiophene rings is 1. The smallest absolute Gasteiger partial charge is 0.244 e. The van der Waals surface area contributed by atoms with Crippen LogP contribution in [0.15, 0.2) is 11.0 Å². The SMILES string of the molecule is Cc1cc(S(=O)(=O)N(C)C(CN)C2CC2)c(C)s1.Cl.